The first-order valence-electron chi connectivity index (χ1n) is 12.7. The second-order valence-electron chi connectivity index (χ2n) is 9.38. The van der Waals surface area contributed by atoms with E-state index in [0.717, 1.165) is 41.5 Å². The molecule has 0 fully saturated rings. The summed E-state index contributed by atoms with van der Waals surface area (Å²) < 4.78 is 17.1. The van der Waals surface area contributed by atoms with Crippen LogP contribution in [-0.2, 0) is 11.2 Å². The molecule has 192 valence electrons. The van der Waals surface area contributed by atoms with Gasteiger partial charge in [0.1, 0.15) is 0 Å². The van der Waals surface area contributed by atoms with Gasteiger partial charge in [-0.3, -0.25) is 9.59 Å². The number of aryl methyl sites for hydroxylation is 1. The van der Waals surface area contributed by atoms with E-state index in [1.54, 1.807) is 27.4 Å². The van der Waals surface area contributed by atoms with Gasteiger partial charge in [-0.15, -0.1) is 0 Å². The average molecular weight is 493 g/mol. The predicted molar refractivity (Wildman–Crippen MR) is 142 cm³/mol. The Hall–Kier alpha value is -3.48. The number of allylic oxidation sites excluding steroid dienone is 1. The third-order valence-corrected chi connectivity index (χ3v) is 7.06. The Balaban J connectivity index is 1.81. The molecule has 0 bridgehead atoms. The average Bonchev–Trinajstić information content (AvgIpc) is 3.12. The van der Waals surface area contributed by atoms with Gasteiger partial charge >= 0.3 is 0 Å². The molecule has 2 aromatic rings. The maximum atomic E-state index is 13.3. The van der Waals surface area contributed by atoms with E-state index in [9.17, 15) is 9.59 Å². The van der Waals surface area contributed by atoms with E-state index in [0.29, 0.717) is 42.3 Å². The van der Waals surface area contributed by atoms with Crippen LogP contribution >= 0.6 is 0 Å². The van der Waals surface area contributed by atoms with Crippen LogP contribution in [0.15, 0.2) is 40.7 Å². The summed E-state index contributed by atoms with van der Waals surface area (Å²) in [6.07, 6.45) is 9.37. The summed E-state index contributed by atoms with van der Waals surface area (Å²) in [5.41, 5.74) is 5.36. The Bertz CT molecular complexity index is 1220. The van der Waals surface area contributed by atoms with Crippen molar-refractivity contribution in [2.24, 2.45) is 0 Å². The number of fused-ring (bicyclic) bond motifs is 3. The molecule has 1 amide bonds. The van der Waals surface area contributed by atoms with Gasteiger partial charge in [0, 0.05) is 19.0 Å². The summed E-state index contributed by atoms with van der Waals surface area (Å²) in [5, 5.41) is 6.40. The first kappa shape index (κ1) is 25.6. The zero-order chi connectivity index (χ0) is 25.7. The summed E-state index contributed by atoms with van der Waals surface area (Å²) in [7, 11) is 4.77. The van der Waals surface area contributed by atoms with Crippen LogP contribution in [0.25, 0.3) is 11.1 Å². The van der Waals surface area contributed by atoms with Crippen molar-refractivity contribution in [2.75, 3.05) is 33.2 Å². The number of carbonyl (C=O) groups is 1. The minimum Gasteiger partial charge on any atom is -0.493 e. The molecule has 2 aliphatic rings. The zero-order valence-corrected chi connectivity index (χ0v) is 21.7. The molecule has 4 rings (SSSR count). The van der Waals surface area contributed by atoms with Gasteiger partial charge in [-0.25, -0.2) is 0 Å². The van der Waals surface area contributed by atoms with Gasteiger partial charge in [0.2, 0.25) is 17.1 Å². The summed E-state index contributed by atoms with van der Waals surface area (Å²) in [6, 6.07) is 7.09. The van der Waals surface area contributed by atoms with Crippen LogP contribution in [0.3, 0.4) is 0 Å². The number of methoxy groups -OCH3 is 3. The lowest BCUT2D eigenvalue weighted by Crippen LogP contribution is -2.26. The fourth-order valence-corrected chi connectivity index (χ4v) is 5.34. The molecule has 2 aromatic carbocycles. The molecule has 2 aliphatic carbocycles. The maximum Gasteiger partial charge on any atom is 0.217 e. The van der Waals surface area contributed by atoms with E-state index in [2.05, 4.69) is 16.7 Å². The Morgan fingerprint density at radius 1 is 1.03 bits per heavy atom. The van der Waals surface area contributed by atoms with Gasteiger partial charge in [-0.1, -0.05) is 17.7 Å². The molecule has 0 aliphatic heterocycles. The largest absolute Gasteiger partial charge is 0.493 e. The third kappa shape index (κ3) is 5.35. The van der Waals surface area contributed by atoms with Crippen LogP contribution in [0.4, 0.5) is 5.69 Å². The highest BCUT2D eigenvalue weighted by Gasteiger charge is 2.29. The Labute approximate surface area is 212 Å². The molecule has 7 nitrogen and oxygen atoms in total. The maximum absolute atomic E-state index is 13.3. The minimum absolute atomic E-state index is 0.105. The first-order chi connectivity index (χ1) is 17.5. The van der Waals surface area contributed by atoms with Gasteiger partial charge in [-0.05, 0) is 79.8 Å². The molecule has 1 atom stereocenters. The molecular weight excluding hydrogens is 456 g/mol. The molecule has 36 heavy (non-hydrogen) atoms. The van der Waals surface area contributed by atoms with Crippen molar-refractivity contribution in [3.63, 3.8) is 0 Å². The number of amides is 1. The number of carbonyl (C=O) groups excluding carboxylic acids is 1. The highest BCUT2D eigenvalue weighted by molar-refractivity contribution is 5.83. The summed E-state index contributed by atoms with van der Waals surface area (Å²) in [6.45, 7) is 2.20. The number of ether oxygens (including phenoxy) is 3. The Kier molecular flexibility index (Phi) is 8.18. The molecule has 1 unspecified atom stereocenters. The van der Waals surface area contributed by atoms with Crippen LogP contribution in [0.5, 0.6) is 17.2 Å². The van der Waals surface area contributed by atoms with Crippen molar-refractivity contribution >= 4 is 11.6 Å². The summed E-state index contributed by atoms with van der Waals surface area (Å²) in [4.78, 5) is 25.4. The number of anilines is 1. The number of hydrogen-bond acceptors (Lipinski definition) is 6. The molecule has 0 heterocycles. The summed E-state index contributed by atoms with van der Waals surface area (Å²) >= 11 is 0. The molecule has 0 aromatic heterocycles. The Morgan fingerprint density at radius 3 is 2.50 bits per heavy atom. The molecule has 0 saturated heterocycles. The fraction of sp³-hybridized carbons (Fsp3) is 0.448. The third-order valence-electron chi connectivity index (χ3n) is 7.06. The summed E-state index contributed by atoms with van der Waals surface area (Å²) in [5.74, 6) is 1.48. The lowest BCUT2D eigenvalue weighted by atomic mass is 9.95. The van der Waals surface area contributed by atoms with Gasteiger partial charge < -0.3 is 24.8 Å². The topological polar surface area (TPSA) is 85.9 Å². The Morgan fingerprint density at radius 2 is 1.83 bits per heavy atom. The van der Waals surface area contributed by atoms with E-state index in [4.69, 9.17) is 14.2 Å². The van der Waals surface area contributed by atoms with Gasteiger partial charge in [-0.2, -0.15) is 0 Å². The van der Waals surface area contributed by atoms with Crippen LogP contribution in [0.1, 0.15) is 62.6 Å². The van der Waals surface area contributed by atoms with Crippen LogP contribution in [0.2, 0.25) is 0 Å². The molecule has 0 spiro atoms. The molecule has 0 saturated carbocycles. The normalized spacial score (nSPS) is 16.6. The number of rotatable bonds is 8. The van der Waals surface area contributed by atoms with Crippen molar-refractivity contribution in [3.05, 3.63) is 57.3 Å². The second-order valence-corrected chi connectivity index (χ2v) is 9.38. The monoisotopic (exact) mass is 492 g/mol. The van der Waals surface area contributed by atoms with E-state index >= 15 is 0 Å². The SMILES string of the molecule is COc1cc2c(c(OC)c1OC)-c1ccc(NCCC3=CCCCC3)c(=O)cc1C(NC(C)=O)CC2. The quantitative estimate of drug-likeness (QED) is 0.495. The van der Waals surface area contributed by atoms with Crippen molar-refractivity contribution in [3.8, 4) is 28.4 Å². The predicted octanol–water partition coefficient (Wildman–Crippen LogP) is 5.17. The van der Waals surface area contributed by atoms with E-state index in [-0.39, 0.29) is 17.4 Å². The van der Waals surface area contributed by atoms with Crippen molar-refractivity contribution in [1.29, 1.82) is 0 Å². The number of hydrogen-bond donors (Lipinski definition) is 2. The zero-order valence-electron chi connectivity index (χ0n) is 21.7. The molecule has 0 radical (unpaired) electrons. The van der Waals surface area contributed by atoms with Crippen LogP contribution < -0.4 is 30.3 Å². The molecule has 2 N–H and O–H groups in total. The highest BCUT2D eigenvalue weighted by atomic mass is 16.5. The van der Waals surface area contributed by atoms with Crippen molar-refractivity contribution in [1.82, 2.24) is 5.32 Å². The first-order valence-corrected chi connectivity index (χ1v) is 12.7. The van der Waals surface area contributed by atoms with E-state index in [1.807, 2.05) is 18.2 Å². The molecular formula is C29H36N2O5. The van der Waals surface area contributed by atoms with Gasteiger partial charge in [0.15, 0.2) is 11.5 Å². The van der Waals surface area contributed by atoms with Crippen molar-refractivity contribution < 1.29 is 19.0 Å². The van der Waals surface area contributed by atoms with Gasteiger partial charge in [0.25, 0.3) is 0 Å². The molecule has 7 heteroatoms. The minimum atomic E-state index is -0.313. The van der Waals surface area contributed by atoms with Crippen LogP contribution in [-0.4, -0.2) is 33.8 Å². The number of nitrogens with one attached hydrogen (secondary N) is 2. The van der Waals surface area contributed by atoms with Crippen molar-refractivity contribution in [2.45, 2.75) is 57.9 Å². The lowest BCUT2D eigenvalue weighted by Gasteiger charge is -2.19. The van der Waals surface area contributed by atoms with Crippen LogP contribution in [0, 0.1) is 0 Å². The fourth-order valence-electron chi connectivity index (χ4n) is 5.34. The number of benzene rings is 1. The smallest absolute Gasteiger partial charge is 0.217 e. The van der Waals surface area contributed by atoms with E-state index < -0.39 is 0 Å². The lowest BCUT2D eigenvalue weighted by molar-refractivity contribution is -0.119. The second kappa shape index (κ2) is 11.5. The van der Waals surface area contributed by atoms with E-state index in [1.165, 1.54) is 25.3 Å². The highest BCUT2D eigenvalue weighted by Crippen LogP contribution is 2.50. The standard InChI is InChI=1S/C29H36N2O5/c1-18(32)31-23-12-10-20-16-26(34-2)28(35-3)29(36-4)27(20)21-11-13-24(25(33)17-22(21)23)30-15-14-19-8-6-5-7-9-19/h8,11,13,16-17,23H,5-7,9-10,12,14-15H2,1-4H3,(H,30,33)(H,31,32). The van der Waals surface area contributed by atoms with Gasteiger partial charge in [0.05, 0.1) is 33.1 Å².